The van der Waals surface area contributed by atoms with Gasteiger partial charge >= 0.3 is 0 Å². The third-order valence-electron chi connectivity index (χ3n) is 4.63. The molecule has 6 heteroatoms. The Balaban J connectivity index is 0.00000161. The number of nitrogens with one attached hydrogen (secondary N) is 2. The number of amides is 1. The van der Waals surface area contributed by atoms with Crippen LogP contribution in [0, 0.1) is 5.41 Å². The molecule has 2 saturated heterocycles. The number of hydrogen-bond donors (Lipinski definition) is 2. The molecule has 3 heterocycles. The van der Waals surface area contributed by atoms with Crippen molar-refractivity contribution < 1.29 is 4.79 Å². The van der Waals surface area contributed by atoms with Crippen molar-refractivity contribution in [2.75, 3.05) is 40.3 Å². The van der Waals surface area contributed by atoms with Crippen molar-refractivity contribution in [3.63, 3.8) is 0 Å². The van der Waals surface area contributed by atoms with Crippen molar-refractivity contribution in [2.45, 2.75) is 19.4 Å². The minimum absolute atomic E-state index is 0. The van der Waals surface area contributed by atoms with Crippen LogP contribution in [0.1, 0.15) is 29.0 Å². The molecule has 3 rings (SSSR count). The second kappa shape index (κ2) is 6.38. The molecule has 1 spiro atoms. The highest BCUT2D eigenvalue weighted by molar-refractivity contribution is 5.92. The SMILES string of the molecule is CN(C)C(=O)c1ccc(CN2CCC3(CCNC3)C2)[nH]1.Cl. The van der Waals surface area contributed by atoms with Gasteiger partial charge in [-0.2, -0.15) is 0 Å². The standard InChI is InChI=1S/C15H24N4O.ClH/c1-18(2)14(20)13-4-3-12(17-13)9-19-8-6-15(11-19)5-7-16-10-15;/h3-4,16-17H,5-11H2,1-2H3;1H. The summed E-state index contributed by atoms with van der Waals surface area (Å²) >= 11 is 0. The molecule has 1 atom stereocenters. The summed E-state index contributed by atoms with van der Waals surface area (Å²) in [6, 6.07) is 3.93. The van der Waals surface area contributed by atoms with Gasteiger partial charge in [0.15, 0.2) is 0 Å². The van der Waals surface area contributed by atoms with Gasteiger partial charge in [0.25, 0.3) is 5.91 Å². The molecule has 1 aromatic heterocycles. The van der Waals surface area contributed by atoms with E-state index in [2.05, 4.69) is 15.2 Å². The van der Waals surface area contributed by atoms with E-state index in [-0.39, 0.29) is 18.3 Å². The lowest BCUT2D eigenvalue weighted by Gasteiger charge is -2.22. The molecule has 2 aliphatic heterocycles. The van der Waals surface area contributed by atoms with Crippen molar-refractivity contribution in [1.82, 2.24) is 20.1 Å². The van der Waals surface area contributed by atoms with Gasteiger partial charge in [-0.05, 0) is 43.5 Å². The predicted octanol–water partition coefficient (Wildman–Crippen LogP) is 1.32. The first-order valence-electron chi connectivity index (χ1n) is 7.41. The molecule has 0 aliphatic carbocycles. The molecule has 2 N–H and O–H groups in total. The summed E-state index contributed by atoms with van der Waals surface area (Å²) in [6.45, 7) is 5.59. The second-order valence-corrected chi connectivity index (χ2v) is 6.48. The van der Waals surface area contributed by atoms with E-state index >= 15 is 0 Å². The quantitative estimate of drug-likeness (QED) is 0.885. The number of aromatic nitrogens is 1. The Labute approximate surface area is 132 Å². The number of halogens is 1. The molecule has 118 valence electrons. The Morgan fingerprint density at radius 2 is 2.19 bits per heavy atom. The van der Waals surface area contributed by atoms with Crippen LogP contribution in [0.25, 0.3) is 0 Å². The fraction of sp³-hybridized carbons (Fsp3) is 0.667. The third-order valence-corrected chi connectivity index (χ3v) is 4.63. The van der Waals surface area contributed by atoms with Gasteiger partial charge in [0.2, 0.25) is 0 Å². The second-order valence-electron chi connectivity index (χ2n) is 6.48. The van der Waals surface area contributed by atoms with E-state index in [1.165, 1.54) is 25.9 Å². The molecule has 2 fully saturated rings. The van der Waals surface area contributed by atoms with Gasteiger partial charge in [-0.3, -0.25) is 9.69 Å². The smallest absolute Gasteiger partial charge is 0.269 e. The van der Waals surface area contributed by atoms with Crippen LogP contribution < -0.4 is 5.32 Å². The maximum Gasteiger partial charge on any atom is 0.269 e. The van der Waals surface area contributed by atoms with Crippen molar-refractivity contribution in [3.05, 3.63) is 23.5 Å². The first kappa shape index (κ1) is 16.3. The van der Waals surface area contributed by atoms with Gasteiger partial charge in [0, 0.05) is 39.4 Å². The summed E-state index contributed by atoms with van der Waals surface area (Å²) in [4.78, 5) is 19.2. The zero-order chi connectivity index (χ0) is 14.2. The van der Waals surface area contributed by atoms with E-state index < -0.39 is 0 Å². The highest BCUT2D eigenvalue weighted by atomic mass is 35.5. The van der Waals surface area contributed by atoms with Crippen LogP contribution in [0.15, 0.2) is 12.1 Å². The Kier molecular flexibility index (Phi) is 4.96. The van der Waals surface area contributed by atoms with Crippen molar-refractivity contribution in [3.8, 4) is 0 Å². The van der Waals surface area contributed by atoms with E-state index in [4.69, 9.17) is 0 Å². The van der Waals surface area contributed by atoms with Gasteiger partial charge in [0.05, 0.1) is 0 Å². The third kappa shape index (κ3) is 3.42. The van der Waals surface area contributed by atoms with E-state index in [0.29, 0.717) is 11.1 Å². The summed E-state index contributed by atoms with van der Waals surface area (Å²) in [5.74, 6) is 0.0362. The summed E-state index contributed by atoms with van der Waals surface area (Å²) in [5.41, 5.74) is 2.33. The topological polar surface area (TPSA) is 51.4 Å². The van der Waals surface area contributed by atoms with Gasteiger partial charge < -0.3 is 15.2 Å². The van der Waals surface area contributed by atoms with Crippen LogP contribution in [0.4, 0.5) is 0 Å². The lowest BCUT2D eigenvalue weighted by atomic mass is 9.87. The molecular formula is C15H25ClN4O. The maximum atomic E-state index is 11.9. The largest absolute Gasteiger partial charge is 0.353 e. The lowest BCUT2D eigenvalue weighted by Crippen LogP contribution is -2.29. The predicted molar refractivity (Wildman–Crippen MR) is 85.9 cm³/mol. The average Bonchev–Trinajstić information content (AvgIpc) is 3.13. The highest BCUT2D eigenvalue weighted by Crippen LogP contribution is 2.36. The van der Waals surface area contributed by atoms with Crippen LogP contribution in [0.5, 0.6) is 0 Å². The van der Waals surface area contributed by atoms with Crippen LogP contribution in [-0.2, 0) is 6.54 Å². The molecule has 2 aliphatic rings. The molecule has 0 aromatic carbocycles. The molecule has 21 heavy (non-hydrogen) atoms. The van der Waals surface area contributed by atoms with Crippen molar-refractivity contribution in [1.29, 1.82) is 0 Å². The lowest BCUT2D eigenvalue weighted by molar-refractivity contribution is 0.0822. The summed E-state index contributed by atoms with van der Waals surface area (Å²) in [6.07, 6.45) is 2.60. The Bertz CT molecular complexity index is 494. The molecule has 0 bridgehead atoms. The molecular weight excluding hydrogens is 288 g/mol. The van der Waals surface area contributed by atoms with Gasteiger partial charge in [-0.25, -0.2) is 0 Å². The van der Waals surface area contributed by atoms with E-state index in [9.17, 15) is 4.79 Å². The Morgan fingerprint density at radius 3 is 2.86 bits per heavy atom. The average molecular weight is 313 g/mol. The number of H-pyrrole nitrogens is 1. The summed E-state index contributed by atoms with van der Waals surface area (Å²) in [5, 5.41) is 3.49. The van der Waals surface area contributed by atoms with E-state index in [0.717, 1.165) is 25.3 Å². The van der Waals surface area contributed by atoms with Crippen molar-refractivity contribution in [2.24, 2.45) is 5.41 Å². The van der Waals surface area contributed by atoms with Gasteiger partial charge in [0.1, 0.15) is 5.69 Å². The molecule has 0 radical (unpaired) electrons. The fourth-order valence-electron chi connectivity index (χ4n) is 3.45. The normalized spacial score (nSPS) is 25.2. The molecule has 5 nitrogen and oxygen atoms in total. The van der Waals surface area contributed by atoms with Crippen LogP contribution in [0.2, 0.25) is 0 Å². The Hall–Kier alpha value is -1.04. The summed E-state index contributed by atoms with van der Waals surface area (Å²) < 4.78 is 0. The van der Waals surface area contributed by atoms with Crippen molar-refractivity contribution >= 4 is 18.3 Å². The van der Waals surface area contributed by atoms with Gasteiger partial charge in [-0.15, -0.1) is 12.4 Å². The first-order valence-corrected chi connectivity index (χ1v) is 7.41. The number of nitrogens with zero attached hydrogens (tertiary/aromatic N) is 2. The maximum absolute atomic E-state index is 11.9. The minimum atomic E-state index is 0. The molecule has 1 unspecified atom stereocenters. The number of carbonyl (C=O) groups is 1. The number of carbonyl (C=O) groups excluding carboxylic acids is 1. The van der Waals surface area contributed by atoms with E-state index in [1.54, 1.807) is 19.0 Å². The molecule has 1 amide bonds. The summed E-state index contributed by atoms with van der Waals surface area (Å²) in [7, 11) is 3.56. The highest BCUT2D eigenvalue weighted by Gasteiger charge is 2.40. The van der Waals surface area contributed by atoms with E-state index in [1.807, 2.05) is 12.1 Å². The van der Waals surface area contributed by atoms with Crippen LogP contribution in [-0.4, -0.2) is 61.0 Å². The zero-order valence-electron chi connectivity index (χ0n) is 12.8. The van der Waals surface area contributed by atoms with Gasteiger partial charge in [-0.1, -0.05) is 0 Å². The number of rotatable bonds is 3. The minimum Gasteiger partial charge on any atom is -0.353 e. The number of hydrogen-bond acceptors (Lipinski definition) is 3. The fourth-order valence-corrected chi connectivity index (χ4v) is 3.45. The monoisotopic (exact) mass is 312 g/mol. The van der Waals surface area contributed by atoms with Crippen LogP contribution >= 0.6 is 12.4 Å². The van der Waals surface area contributed by atoms with Crippen LogP contribution in [0.3, 0.4) is 0 Å². The first-order chi connectivity index (χ1) is 9.58. The number of aromatic amines is 1. The molecule has 0 saturated carbocycles. The number of likely N-dealkylation sites (tertiary alicyclic amines) is 1. The Morgan fingerprint density at radius 1 is 1.38 bits per heavy atom. The zero-order valence-corrected chi connectivity index (χ0v) is 13.6. The molecule has 1 aromatic rings.